The molecule has 0 spiro atoms. The lowest BCUT2D eigenvalue weighted by molar-refractivity contribution is 0.146. The molecule has 1 aliphatic rings. The Hall–Kier alpha value is 0.250. The number of likely N-dealkylation sites (tertiary alicyclic amines) is 1. The highest BCUT2D eigenvalue weighted by molar-refractivity contribution is 6.18. The first-order chi connectivity index (χ1) is 6.63. The lowest BCUT2D eigenvalue weighted by atomic mass is 9.86. The third-order valence-electron chi connectivity index (χ3n) is 3.41. The molecule has 0 bridgehead atoms. The van der Waals surface area contributed by atoms with Crippen molar-refractivity contribution in [1.82, 2.24) is 4.90 Å². The summed E-state index contributed by atoms with van der Waals surface area (Å²) in [6.45, 7) is 10.7. The normalized spacial score (nSPS) is 22.9. The summed E-state index contributed by atoms with van der Waals surface area (Å²) < 4.78 is 0. The van der Waals surface area contributed by atoms with Gasteiger partial charge in [0.2, 0.25) is 0 Å². The summed E-state index contributed by atoms with van der Waals surface area (Å²) in [6.07, 6.45) is 2.76. The zero-order valence-corrected chi connectivity index (χ0v) is 10.6. The zero-order valence-electron chi connectivity index (χ0n) is 9.80. The highest BCUT2D eigenvalue weighted by atomic mass is 35.5. The van der Waals surface area contributed by atoms with Gasteiger partial charge in [-0.15, -0.1) is 11.6 Å². The van der Waals surface area contributed by atoms with Crippen molar-refractivity contribution in [3.05, 3.63) is 0 Å². The van der Waals surface area contributed by atoms with E-state index in [-0.39, 0.29) is 0 Å². The third kappa shape index (κ3) is 3.78. The van der Waals surface area contributed by atoms with E-state index in [2.05, 4.69) is 25.7 Å². The summed E-state index contributed by atoms with van der Waals surface area (Å²) in [7, 11) is 0. The Morgan fingerprint density at radius 1 is 1.21 bits per heavy atom. The standard InChI is InChI=1S/C12H24ClN/c1-10(2)12-4-6-14(7-5-12)9-11(3)8-13/h10-12H,4-9H2,1-3H3. The fourth-order valence-electron chi connectivity index (χ4n) is 2.29. The largest absolute Gasteiger partial charge is 0.303 e. The second-order valence-corrected chi connectivity index (χ2v) is 5.45. The molecule has 2 heteroatoms. The van der Waals surface area contributed by atoms with Crippen LogP contribution in [0, 0.1) is 17.8 Å². The van der Waals surface area contributed by atoms with Crippen molar-refractivity contribution in [2.75, 3.05) is 25.5 Å². The molecule has 1 heterocycles. The van der Waals surface area contributed by atoms with Crippen molar-refractivity contribution in [2.45, 2.75) is 33.6 Å². The second kappa shape index (κ2) is 5.97. The van der Waals surface area contributed by atoms with Gasteiger partial charge in [0.25, 0.3) is 0 Å². The van der Waals surface area contributed by atoms with Gasteiger partial charge < -0.3 is 4.90 Å². The molecule has 1 rings (SSSR count). The smallest absolute Gasteiger partial charge is 0.0261 e. The van der Waals surface area contributed by atoms with Crippen LogP contribution in [0.15, 0.2) is 0 Å². The van der Waals surface area contributed by atoms with E-state index >= 15 is 0 Å². The lowest BCUT2D eigenvalue weighted by Gasteiger charge is -2.34. The maximum atomic E-state index is 5.82. The van der Waals surface area contributed by atoms with E-state index in [4.69, 9.17) is 11.6 Å². The van der Waals surface area contributed by atoms with Crippen LogP contribution in [-0.2, 0) is 0 Å². The van der Waals surface area contributed by atoms with Crippen LogP contribution in [0.4, 0.5) is 0 Å². The first-order valence-corrected chi connectivity index (χ1v) is 6.45. The van der Waals surface area contributed by atoms with Crippen LogP contribution in [0.2, 0.25) is 0 Å². The fourth-order valence-corrected chi connectivity index (χ4v) is 2.39. The fraction of sp³-hybridized carbons (Fsp3) is 1.00. The molecular weight excluding hydrogens is 194 g/mol. The van der Waals surface area contributed by atoms with Gasteiger partial charge in [-0.2, -0.15) is 0 Å². The van der Waals surface area contributed by atoms with Crippen LogP contribution in [0.5, 0.6) is 0 Å². The van der Waals surface area contributed by atoms with E-state index in [1.807, 2.05) is 0 Å². The molecule has 84 valence electrons. The van der Waals surface area contributed by atoms with E-state index in [0.717, 1.165) is 17.7 Å². The van der Waals surface area contributed by atoms with E-state index < -0.39 is 0 Å². The summed E-state index contributed by atoms with van der Waals surface area (Å²) in [4.78, 5) is 2.58. The van der Waals surface area contributed by atoms with Crippen molar-refractivity contribution in [1.29, 1.82) is 0 Å². The minimum atomic E-state index is 0.646. The molecule has 0 aromatic carbocycles. The minimum absolute atomic E-state index is 0.646. The summed E-state index contributed by atoms with van der Waals surface area (Å²) >= 11 is 5.82. The van der Waals surface area contributed by atoms with Gasteiger partial charge in [-0.1, -0.05) is 20.8 Å². The summed E-state index contributed by atoms with van der Waals surface area (Å²) in [6, 6.07) is 0. The van der Waals surface area contributed by atoms with Gasteiger partial charge in [-0.25, -0.2) is 0 Å². The lowest BCUT2D eigenvalue weighted by Crippen LogP contribution is -2.38. The van der Waals surface area contributed by atoms with Gasteiger partial charge in [0.1, 0.15) is 0 Å². The Labute approximate surface area is 93.8 Å². The highest BCUT2D eigenvalue weighted by Crippen LogP contribution is 2.24. The molecule has 0 aromatic heterocycles. The van der Waals surface area contributed by atoms with Crippen molar-refractivity contribution in [3.8, 4) is 0 Å². The first kappa shape index (κ1) is 12.3. The molecule has 1 fully saturated rings. The Morgan fingerprint density at radius 3 is 2.21 bits per heavy atom. The van der Waals surface area contributed by atoms with E-state index in [0.29, 0.717) is 5.92 Å². The van der Waals surface area contributed by atoms with Gasteiger partial charge in [-0.3, -0.25) is 0 Å². The molecule has 0 radical (unpaired) electrons. The highest BCUT2D eigenvalue weighted by Gasteiger charge is 2.21. The average molecular weight is 218 g/mol. The third-order valence-corrected chi connectivity index (χ3v) is 3.94. The maximum absolute atomic E-state index is 5.82. The summed E-state index contributed by atoms with van der Waals surface area (Å²) in [5.74, 6) is 3.26. The van der Waals surface area contributed by atoms with Crippen LogP contribution in [0.1, 0.15) is 33.6 Å². The van der Waals surface area contributed by atoms with Gasteiger partial charge in [0, 0.05) is 12.4 Å². The first-order valence-electron chi connectivity index (χ1n) is 5.91. The van der Waals surface area contributed by atoms with E-state index in [1.54, 1.807) is 0 Å². The number of rotatable bonds is 4. The van der Waals surface area contributed by atoms with Crippen molar-refractivity contribution in [2.24, 2.45) is 17.8 Å². The molecule has 1 saturated heterocycles. The number of piperidine rings is 1. The molecule has 0 saturated carbocycles. The number of alkyl halides is 1. The summed E-state index contributed by atoms with van der Waals surface area (Å²) in [5.41, 5.74) is 0. The Kier molecular flexibility index (Phi) is 5.25. The minimum Gasteiger partial charge on any atom is -0.303 e. The van der Waals surface area contributed by atoms with Crippen molar-refractivity contribution < 1.29 is 0 Å². The maximum Gasteiger partial charge on any atom is 0.0261 e. The number of halogens is 1. The molecule has 1 atom stereocenters. The predicted molar refractivity (Wildman–Crippen MR) is 63.9 cm³/mol. The molecule has 14 heavy (non-hydrogen) atoms. The monoisotopic (exact) mass is 217 g/mol. The summed E-state index contributed by atoms with van der Waals surface area (Å²) in [5, 5.41) is 0. The van der Waals surface area contributed by atoms with Crippen LogP contribution >= 0.6 is 11.6 Å². The zero-order chi connectivity index (χ0) is 10.6. The van der Waals surface area contributed by atoms with Crippen LogP contribution in [0.25, 0.3) is 0 Å². The second-order valence-electron chi connectivity index (χ2n) is 5.14. The molecule has 0 aromatic rings. The van der Waals surface area contributed by atoms with Gasteiger partial charge in [0.05, 0.1) is 0 Å². The predicted octanol–water partition coefficient (Wildman–Crippen LogP) is 3.23. The molecule has 0 amide bonds. The van der Waals surface area contributed by atoms with E-state index in [9.17, 15) is 0 Å². The molecule has 0 aliphatic carbocycles. The molecular formula is C12H24ClN. The molecule has 0 N–H and O–H groups in total. The number of hydrogen-bond acceptors (Lipinski definition) is 1. The van der Waals surface area contributed by atoms with Crippen LogP contribution in [0.3, 0.4) is 0 Å². The van der Waals surface area contributed by atoms with Gasteiger partial charge in [-0.05, 0) is 43.7 Å². The van der Waals surface area contributed by atoms with E-state index in [1.165, 1.54) is 32.5 Å². The molecule has 1 nitrogen and oxygen atoms in total. The Morgan fingerprint density at radius 2 is 1.79 bits per heavy atom. The molecule has 1 aliphatic heterocycles. The van der Waals surface area contributed by atoms with Crippen LogP contribution < -0.4 is 0 Å². The number of hydrogen-bond donors (Lipinski definition) is 0. The van der Waals surface area contributed by atoms with Crippen molar-refractivity contribution >= 4 is 11.6 Å². The Balaban J connectivity index is 2.22. The Bertz CT molecular complexity index is 150. The van der Waals surface area contributed by atoms with Crippen molar-refractivity contribution in [3.63, 3.8) is 0 Å². The topological polar surface area (TPSA) is 3.24 Å². The quantitative estimate of drug-likeness (QED) is 0.654. The average Bonchev–Trinajstić information content (AvgIpc) is 2.18. The SMILES string of the molecule is CC(CCl)CN1CCC(C(C)C)CC1. The molecule has 1 unspecified atom stereocenters. The number of nitrogens with zero attached hydrogens (tertiary/aromatic N) is 1. The van der Waals surface area contributed by atoms with Gasteiger partial charge >= 0.3 is 0 Å². The van der Waals surface area contributed by atoms with Crippen LogP contribution in [-0.4, -0.2) is 30.4 Å². The van der Waals surface area contributed by atoms with Gasteiger partial charge in [0.15, 0.2) is 0 Å².